The number of carbonyl (C=O) groups is 3. The van der Waals surface area contributed by atoms with Gasteiger partial charge >= 0.3 is 5.97 Å². The van der Waals surface area contributed by atoms with E-state index >= 15 is 0 Å². The number of likely N-dealkylation sites (N-methyl/N-ethyl adjacent to an activating group) is 1. The first-order chi connectivity index (χ1) is 26.5. The van der Waals surface area contributed by atoms with E-state index in [1.165, 1.54) is 0 Å². The third kappa shape index (κ3) is 7.48. The molecule has 13 nitrogen and oxygen atoms in total. The number of nitriles is 1. The molecule has 3 aromatic carbocycles. The first kappa shape index (κ1) is 41.7. The van der Waals surface area contributed by atoms with Gasteiger partial charge in [0.05, 0.1) is 25.3 Å². The monoisotopic (exact) mass is 978 g/mol. The van der Waals surface area contributed by atoms with Crippen LogP contribution >= 0.6 is 0 Å². The van der Waals surface area contributed by atoms with Gasteiger partial charge in [-0.25, -0.2) is 0 Å². The van der Waals surface area contributed by atoms with Gasteiger partial charge in [-0.3, -0.25) is 24.2 Å². The quantitative estimate of drug-likeness (QED) is 0.184. The molecule has 2 bridgehead atoms. The summed E-state index contributed by atoms with van der Waals surface area (Å²) in [6.07, 6.45) is 2.47. The average molecular weight is 979 g/mol. The van der Waals surface area contributed by atoms with Gasteiger partial charge in [-0.2, -0.15) is 5.26 Å². The predicted molar refractivity (Wildman–Crippen MR) is 202 cm³/mol. The van der Waals surface area contributed by atoms with Gasteiger partial charge in [0.1, 0.15) is 17.8 Å². The zero-order valence-corrected chi connectivity index (χ0v) is 37.6. The van der Waals surface area contributed by atoms with Crippen LogP contribution in [0, 0.1) is 69.2 Å². The zero-order chi connectivity index (χ0) is 39.1. The summed E-state index contributed by atoms with van der Waals surface area (Å²) in [6, 6.07) is 11.2. The van der Waals surface area contributed by atoms with Crippen LogP contribution in [0.25, 0.3) is 0 Å². The molecular formula is C42H49AcN5O8. The number of aromatic hydroxyl groups is 1. The van der Waals surface area contributed by atoms with E-state index in [9.17, 15) is 24.8 Å². The topological polar surface area (TPSA) is 163 Å². The average Bonchev–Trinajstić information content (AvgIpc) is 3.66. The number of nitrogens with one attached hydrogen (secondary N) is 2. The van der Waals surface area contributed by atoms with Gasteiger partial charge in [-0.15, -0.1) is 0 Å². The number of phenols is 1. The maximum atomic E-state index is 13.7. The molecule has 56 heavy (non-hydrogen) atoms. The number of hydrogen-bond donors (Lipinski definition) is 3. The van der Waals surface area contributed by atoms with Crippen molar-refractivity contribution in [3.63, 3.8) is 0 Å². The molecule has 0 aromatic heterocycles. The molecule has 1 saturated heterocycles. The summed E-state index contributed by atoms with van der Waals surface area (Å²) in [6.45, 7) is 7.28. The first-order valence-electron chi connectivity index (χ1n) is 19.0. The number of hydrogen-bond acceptors (Lipinski definition) is 11. The molecule has 4 aliphatic rings. The van der Waals surface area contributed by atoms with Crippen LogP contribution in [0.1, 0.15) is 84.1 Å². The standard InChI is InChI=1S/C42H49N5O8.Ac/c1-7-11-33(49)55-41-34-26(16-22(2)38(41)52-6)17-28-30(19-43)47-29(36(34)46(28)5)18-27-35(40-39(53-21-54-40)23(3)37(27)50)31(47)20-44-42(51)24(4)45-32(48)15-14-25-12-9-8-10-13-25;/h8-10,12-13,16,24,28-31,36,50H,7,11,14-15,17-18,20-21H2,1-6H3,(H,44,51)(H,45,48);/t24?,28-,29?,30-,31-,36-;/m0./s1. The molecule has 1 fully saturated rings. The second kappa shape index (κ2) is 17.3. The summed E-state index contributed by atoms with van der Waals surface area (Å²) >= 11 is 0. The van der Waals surface area contributed by atoms with Crippen molar-refractivity contribution in [1.82, 2.24) is 20.4 Å². The number of methoxy groups -OCH3 is 1. The Morgan fingerprint density at radius 3 is 2.48 bits per heavy atom. The van der Waals surface area contributed by atoms with Crippen LogP contribution in [-0.2, 0) is 33.6 Å². The van der Waals surface area contributed by atoms with Crippen LogP contribution in [0.5, 0.6) is 28.7 Å². The van der Waals surface area contributed by atoms with Gasteiger partial charge < -0.3 is 34.7 Å². The Labute approximate surface area is 363 Å². The van der Waals surface area contributed by atoms with Crippen LogP contribution in [-0.4, -0.2) is 84.4 Å². The van der Waals surface area contributed by atoms with Crippen LogP contribution in [0.4, 0.5) is 0 Å². The van der Waals surface area contributed by atoms with E-state index in [-0.39, 0.29) is 99.8 Å². The molecule has 3 aromatic rings. The van der Waals surface area contributed by atoms with Crippen LogP contribution in [0.2, 0.25) is 0 Å². The van der Waals surface area contributed by atoms with Gasteiger partial charge in [0.2, 0.25) is 18.6 Å². The predicted octanol–water partition coefficient (Wildman–Crippen LogP) is 4.48. The third-order valence-corrected chi connectivity index (χ3v) is 11.7. The molecule has 0 saturated carbocycles. The number of piperazine rings is 1. The number of fused-ring (bicyclic) bond motifs is 9. The fourth-order valence-corrected chi connectivity index (χ4v) is 9.12. The Bertz CT molecular complexity index is 2050. The van der Waals surface area contributed by atoms with E-state index in [4.69, 9.17) is 18.9 Å². The van der Waals surface area contributed by atoms with Gasteiger partial charge in [0.15, 0.2) is 23.0 Å². The second-order valence-electron chi connectivity index (χ2n) is 15.0. The Morgan fingerprint density at radius 2 is 1.79 bits per heavy atom. The van der Waals surface area contributed by atoms with Crippen molar-refractivity contribution in [3.05, 3.63) is 75.3 Å². The van der Waals surface area contributed by atoms with Gasteiger partial charge in [-0.1, -0.05) is 43.3 Å². The molecule has 2 unspecified atom stereocenters. The van der Waals surface area contributed by atoms with Crippen molar-refractivity contribution in [3.8, 4) is 34.8 Å². The van der Waals surface area contributed by atoms with Crippen molar-refractivity contribution in [2.75, 3.05) is 27.5 Å². The number of carbonyl (C=O) groups excluding carboxylic acids is 3. The molecule has 3 N–H and O–H groups in total. The van der Waals surface area contributed by atoms with Crippen molar-refractivity contribution in [2.45, 2.75) is 102 Å². The van der Waals surface area contributed by atoms with Gasteiger partial charge in [-0.05, 0) is 70.2 Å². The van der Waals surface area contributed by atoms with Crippen LogP contribution in [0.3, 0.4) is 0 Å². The second-order valence-corrected chi connectivity index (χ2v) is 15.0. The minimum atomic E-state index is -0.833. The summed E-state index contributed by atoms with van der Waals surface area (Å²) in [4.78, 5) is 44.0. The molecule has 2 amide bonds. The molecular weight excluding hydrogens is 929 g/mol. The Morgan fingerprint density at radius 1 is 1.05 bits per heavy atom. The van der Waals surface area contributed by atoms with Crippen LogP contribution < -0.4 is 29.6 Å². The van der Waals surface area contributed by atoms with E-state index in [1.807, 2.05) is 51.2 Å². The molecule has 0 spiro atoms. The van der Waals surface area contributed by atoms with Gasteiger partial charge in [0.25, 0.3) is 0 Å². The normalized spacial score (nSPS) is 22.3. The van der Waals surface area contributed by atoms with E-state index in [1.54, 1.807) is 21.0 Å². The summed E-state index contributed by atoms with van der Waals surface area (Å²) < 4.78 is 24.0. The van der Waals surface area contributed by atoms with Crippen molar-refractivity contribution < 1.29 is 82.5 Å². The molecule has 293 valence electrons. The van der Waals surface area contributed by atoms with E-state index in [0.717, 1.165) is 22.3 Å². The maximum absolute atomic E-state index is 13.7. The molecule has 1 radical (unpaired) electrons. The number of benzene rings is 3. The minimum Gasteiger partial charge on any atom is -0.507 e. The largest absolute Gasteiger partial charge is 0.507 e. The first-order valence-corrected chi connectivity index (χ1v) is 19.0. The van der Waals surface area contributed by atoms with Crippen molar-refractivity contribution in [2.24, 2.45) is 0 Å². The third-order valence-electron chi connectivity index (χ3n) is 11.7. The number of phenolic OH excluding ortho intramolecular Hbond substituents is 1. The summed E-state index contributed by atoms with van der Waals surface area (Å²) in [5, 5.41) is 28.7. The molecule has 7 rings (SSSR count). The molecule has 4 heterocycles. The molecule has 14 heteroatoms. The minimum absolute atomic E-state index is 0. The number of nitrogens with zero attached hydrogens (tertiary/aromatic N) is 3. The molecule has 6 atom stereocenters. The number of rotatable bonds is 11. The summed E-state index contributed by atoms with van der Waals surface area (Å²) in [5.74, 6) is 0.847. The number of aryl methyl sites for hydroxylation is 2. The fourth-order valence-electron chi connectivity index (χ4n) is 9.12. The van der Waals surface area contributed by atoms with Crippen LogP contribution in [0.15, 0.2) is 36.4 Å². The van der Waals surface area contributed by atoms with E-state index in [2.05, 4.69) is 32.6 Å². The Balaban J connectivity index is 0.00000532. The summed E-state index contributed by atoms with van der Waals surface area (Å²) in [7, 11) is 3.55. The molecule has 0 aliphatic carbocycles. The smallest absolute Gasteiger partial charge is 0.311 e. The van der Waals surface area contributed by atoms with E-state index in [0.29, 0.717) is 65.4 Å². The SMILES string of the molecule is CCCC(=O)Oc1c(OC)c(C)cc2c1[C@@H]1C3Cc4c(O)c(C)c5c(c4[C@H](CNC(=O)C(C)NC(=O)CCc4ccccc4)N3[C@@H](C#N)[C@H](C2)N1C)OCO5.[Ac]. The van der Waals surface area contributed by atoms with Crippen molar-refractivity contribution >= 4 is 17.8 Å². The maximum Gasteiger partial charge on any atom is 0.311 e. The fraction of sp³-hybridized carbons (Fsp3) is 0.476. The number of esters is 1. The Kier molecular flexibility index (Phi) is 12.9. The summed E-state index contributed by atoms with van der Waals surface area (Å²) in [5.41, 5.74) is 5.49. The van der Waals surface area contributed by atoms with Gasteiger partial charge in [0, 0.05) is 97.8 Å². The molecule has 4 aliphatic heterocycles. The number of amides is 2. The van der Waals surface area contributed by atoms with Crippen molar-refractivity contribution in [1.29, 1.82) is 5.26 Å². The Hall–Kier alpha value is -3.88. The van der Waals surface area contributed by atoms with E-state index < -0.39 is 30.2 Å². The number of ether oxygens (including phenoxy) is 4. The zero-order valence-electron chi connectivity index (χ0n) is 32.8.